The normalized spacial score (nSPS) is 31.1. The Morgan fingerprint density at radius 2 is 2.10 bits per heavy atom. The Morgan fingerprint density at radius 1 is 1.38 bits per heavy atom. The summed E-state index contributed by atoms with van der Waals surface area (Å²) >= 11 is 0. The molecule has 3 heteroatoms. The fourth-order valence-corrected chi connectivity index (χ4v) is 3.54. The lowest BCUT2D eigenvalue weighted by Crippen LogP contribution is -2.29. The van der Waals surface area contributed by atoms with Gasteiger partial charge in [0.2, 0.25) is 0 Å². The predicted molar refractivity (Wildman–Crippen MR) is 93.1 cm³/mol. The number of allylic oxidation sites excluding steroid dienone is 2. The fraction of sp³-hybridized carbons (Fsp3) is 0.722. The van der Waals surface area contributed by atoms with Crippen LogP contribution in [0, 0.1) is 29.2 Å². The molecule has 2 rings (SSSR count). The van der Waals surface area contributed by atoms with Crippen LogP contribution in [0.3, 0.4) is 0 Å². The molecule has 2 aliphatic rings. The van der Waals surface area contributed by atoms with Gasteiger partial charge in [0.15, 0.2) is 5.90 Å². The summed E-state index contributed by atoms with van der Waals surface area (Å²) in [6, 6.07) is 0. The van der Waals surface area contributed by atoms with E-state index >= 15 is 0 Å². The lowest BCUT2D eigenvalue weighted by Gasteiger charge is -2.30. The first-order valence-corrected chi connectivity index (χ1v) is 11.6. The van der Waals surface area contributed by atoms with E-state index in [9.17, 15) is 0 Å². The van der Waals surface area contributed by atoms with Gasteiger partial charge in [-0.05, 0) is 32.1 Å². The van der Waals surface area contributed by atoms with Crippen LogP contribution < -0.4 is 0 Å². The molecule has 116 valence electrons. The highest BCUT2D eigenvalue weighted by Gasteiger charge is 2.36. The van der Waals surface area contributed by atoms with Gasteiger partial charge >= 0.3 is 0 Å². The van der Waals surface area contributed by atoms with Crippen LogP contribution in [0.4, 0.5) is 0 Å². The van der Waals surface area contributed by atoms with Gasteiger partial charge in [0, 0.05) is 12.3 Å². The summed E-state index contributed by atoms with van der Waals surface area (Å²) in [5.41, 5.74) is 3.43. The van der Waals surface area contributed by atoms with Crippen molar-refractivity contribution in [1.82, 2.24) is 0 Å². The van der Waals surface area contributed by atoms with Crippen molar-refractivity contribution in [3.63, 3.8) is 0 Å². The van der Waals surface area contributed by atoms with Crippen molar-refractivity contribution in [3.05, 3.63) is 12.2 Å². The van der Waals surface area contributed by atoms with Gasteiger partial charge in [-0.1, -0.05) is 38.7 Å². The Morgan fingerprint density at radius 3 is 2.67 bits per heavy atom. The summed E-state index contributed by atoms with van der Waals surface area (Å²) in [7, 11) is -1.26. The molecule has 0 radical (unpaired) electrons. The summed E-state index contributed by atoms with van der Waals surface area (Å²) < 4.78 is 5.87. The predicted octanol–water partition coefficient (Wildman–Crippen LogP) is 4.29. The Balaban J connectivity index is 2.05. The Bertz CT molecular complexity index is 502. The van der Waals surface area contributed by atoms with Crippen LogP contribution in [0.25, 0.3) is 0 Å². The Kier molecular flexibility index (Phi) is 4.68. The minimum Gasteiger partial charge on any atom is -0.478 e. The molecular formula is C18H29NOSi. The van der Waals surface area contributed by atoms with Crippen LogP contribution in [0.5, 0.6) is 0 Å². The van der Waals surface area contributed by atoms with E-state index in [2.05, 4.69) is 64.0 Å². The van der Waals surface area contributed by atoms with Gasteiger partial charge in [-0.3, -0.25) is 0 Å². The molecule has 3 atom stereocenters. The molecule has 0 saturated heterocycles. The zero-order valence-corrected chi connectivity index (χ0v) is 15.4. The van der Waals surface area contributed by atoms with Gasteiger partial charge in [0.25, 0.3) is 0 Å². The minimum atomic E-state index is -1.26. The molecule has 0 spiro atoms. The van der Waals surface area contributed by atoms with E-state index < -0.39 is 8.07 Å². The molecule has 0 saturated carbocycles. The average Bonchev–Trinajstić information content (AvgIpc) is 2.70. The van der Waals surface area contributed by atoms with E-state index in [0.717, 1.165) is 25.3 Å². The van der Waals surface area contributed by atoms with E-state index in [1.165, 1.54) is 0 Å². The molecule has 1 aliphatic heterocycles. The van der Waals surface area contributed by atoms with Gasteiger partial charge in [0.05, 0.1) is 5.54 Å². The quantitative estimate of drug-likeness (QED) is 0.423. The average molecular weight is 304 g/mol. The van der Waals surface area contributed by atoms with E-state index in [-0.39, 0.29) is 5.54 Å². The summed E-state index contributed by atoms with van der Waals surface area (Å²) in [4.78, 5) is 4.78. The highest BCUT2D eigenvalue weighted by Crippen LogP contribution is 2.35. The second-order valence-electron chi connectivity index (χ2n) is 8.10. The molecule has 0 aromatic heterocycles. The standard InChI is InChI=1S/C18H29NOSi/c1-14-15(10-8-12-21(4,5)6)9-7-11-16(14)17-19-18(2,3)13-20-17/h7,9,14-16H,10-11,13H2,1-6H3/t14-,15-,16?/m1/s1. The topological polar surface area (TPSA) is 21.6 Å². The van der Waals surface area contributed by atoms with Crippen molar-refractivity contribution < 1.29 is 4.74 Å². The minimum absolute atomic E-state index is 0.0522. The van der Waals surface area contributed by atoms with Crippen molar-refractivity contribution in [2.75, 3.05) is 6.61 Å². The third kappa shape index (κ3) is 4.48. The molecule has 0 aromatic rings. The maximum atomic E-state index is 5.87. The number of hydrogen-bond donors (Lipinski definition) is 0. The first kappa shape index (κ1) is 16.4. The van der Waals surface area contributed by atoms with Gasteiger partial charge < -0.3 is 4.74 Å². The molecule has 0 N–H and O–H groups in total. The zero-order valence-electron chi connectivity index (χ0n) is 14.4. The SMILES string of the molecule is C[C@H]1C(C2=NC(C)(C)CO2)CC=C[C@@H]1CC#C[Si](C)(C)C. The first-order chi connectivity index (χ1) is 9.68. The number of aliphatic imine (C=N–C) groups is 1. The van der Waals surface area contributed by atoms with Crippen LogP contribution in [0.2, 0.25) is 19.6 Å². The molecule has 21 heavy (non-hydrogen) atoms. The van der Waals surface area contributed by atoms with Crippen LogP contribution in [0.1, 0.15) is 33.6 Å². The van der Waals surface area contributed by atoms with E-state index in [0.29, 0.717) is 17.8 Å². The van der Waals surface area contributed by atoms with Crippen molar-refractivity contribution in [1.29, 1.82) is 0 Å². The molecule has 1 heterocycles. The van der Waals surface area contributed by atoms with Crippen LogP contribution in [-0.4, -0.2) is 26.1 Å². The summed E-state index contributed by atoms with van der Waals surface area (Å²) in [5, 5.41) is 0. The zero-order chi connectivity index (χ0) is 15.7. The van der Waals surface area contributed by atoms with E-state index in [1.54, 1.807) is 0 Å². The largest absolute Gasteiger partial charge is 0.478 e. The third-order valence-electron chi connectivity index (χ3n) is 4.19. The Hall–Kier alpha value is -1.01. The number of nitrogens with zero attached hydrogens (tertiary/aromatic N) is 1. The number of hydrogen-bond acceptors (Lipinski definition) is 2. The van der Waals surface area contributed by atoms with Crippen molar-refractivity contribution >= 4 is 14.0 Å². The van der Waals surface area contributed by atoms with Crippen LogP contribution in [-0.2, 0) is 4.74 Å². The second-order valence-corrected chi connectivity index (χ2v) is 12.9. The second kappa shape index (κ2) is 6.00. The molecule has 1 unspecified atom stereocenters. The van der Waals surface area contributed by atoms with Crippen molar-refractivity contribution in [3.8, 4) is 11.5 Å². The summed E-state index contributed by atoms with van der Waals surface area (Å²) in [5.74, 6) is 5.92. The summed E-state index contributed by atoms with van der Waals surface area (Å²) in [6.07, 6.45) is 6.66. The van der Waals surface area contributed by atoms with Crippen LogP contribution >= 0.6 is 0 Å². The molecule has 0 bridgehead atoms. The molecule has 2 nitrogen and oxygen atoms in total. The lowest BCUT2D eigenvalue weighted by atomic mass is 9.75. The maximum Gasteiger partial charge on any atom is 0.187 e. The molecule has 0 fully saturated rings. The smallest absolute Gasteiger partial charge is 0.187 e. The number of ether oxygens (including phenoxy) is 1. The summed E-state index contributed by atoms with van der Waals surface area (Å²) in [6.45, 7) is 14.2. The van der Waals surface area contributed by atoms with Crippen LogP contribution in [0.15, 0.2) is 17.1 Å². The van der Waals surface area contributed by atoms with E-state index in [4.69, 9.17) is 9.73 Å². The molecule has 0 amide bonds. The first-order valence-electron chi connectivity index (χ1n) is 8.07. The third-order valence-corrected chi connectivity index (χ3v) is 5.11. The lowest BCUT2D eigenvalue weighted by molar-refractivity contribution is 0.239. The van der Waals surface area contributed by atoms with Crippen molar-refractivity contribution in [2.45, 2.75) is 58.8 Å². The fourth-order valence-electron chi connectivity index (χ4n) is 2.91. The van der Waals surface area contributed by atoms with Gasteiger partial charge in [0.1, 0.15) is 14.7 Å². The highest BCUT2D eigenvalue weighted by molar-refractivity contribution is 6.83. The van der Waals surface area contributed by atoms with Crippen molar-refractivity contribution in [2.24, 2.45) is 22.7 Å². The van der Waals surface area contributed by atoms with E-state index in [1.807, 2.05) is 0 Å². The highest BCUT2D eigenvalue weighted by atomic mass is 28.3. The number of rotatable bonds is 2. The Labute approximate surface area is 131 Å². The molecule has 1 aliphatic carbocycles. The maximum absolute atomic E-state index is 5.87. The monoisotopic (exact) mass is 303 g/mol. The van der Waals surface area contributed by atoms with Gasteiger partial charge in [-0.2, -0.15) is 0 Å². The molecule has 0 aromatic carbocycles. The molecular weight excluding hydrogens is 274 g/mol. The van der Waals surface area contributed by atoms with Gasteiger partial charge in [-0.15, -0.1) is 11.5 Å². The van der Waals surface area contributed by atoms with Gasteiger partial charge in [-0.25, -0.2) is 4.99 Å².